The molecule has 57 heavy (non-hydrogen) atoms. The zero-order valence-corrected chi connectivity index (χ0v) is 36.7. The lowest BCUT2D eigenvalue weighted by Crippen LogP contribution is -2.56. The number of hydrogen-bond acceptors (Lipinski definition) is 4. The first kappa shape index (κ1) is 44.0. The number of allylic oxidation sites excluding steroid dienone is 13. The van der Waals surface area contributed by atoms with Crippen molar-refractivity contribution in [3.63, 3.8) is 0 Å². The normalized spacial score (nSPS) is 24.5. The number of Topliss-reactive ketones (excluding diaryl/α,β-unsaturated/α-hetero) is 2. The van der Waals surface area contributed by atoms with Gasteiger partial charge in [0.2, 0.25) is 0 Å². The molecule has 3 aliphatic carbocycles. The molecular weight excluding hydrogens is 721 g/mol. The Balaban J connectivity index is 1.19. The quantitative estimate of drug-likeness (QED) is 0.133. The number of ketones is 2. The Morgan fingerprint density at radius 2 is 1.12 bits per heavy atom. The summed E-state index contributed by atoms with van der Waals surface area (Å²) < 4.78 is 27.9. The molecule has 0 N–H and O–H groups in total. The minimum Gasteiger partial charge on any atom is -0.293 e. The summed E-state index contributed by atoms with van der Waals surface area (Å²) in [7, 11) is -3.56. The standard InChI is InChI=1S/C52H66O4S/c1-37(2)18-14-19-38(3)20-15-22-40(5)30-33-48(57(55,56)45-26-10-9-11-27-45)42(7)25-17-24-39(4)21-16-23-41(6)34-35-52-44-32-31-43(36-44)51(52,8)49(53)46-28-12-13-29-47(46)50(52)54/h9-13,18,20-21,25-32,34,43-44,48H,14-17,19,22-24,33,35-36H2,1-8H3/b38-20+,39-21+,40-30+,41-34+,42-25+. The largest absolute Gasteiger partial charge is 0.293 e. The van der Waals surface area contributed by atoms with Gasteiger partial charge in [-0.15, -0.1) is 0 Å². The Labute approximate surface area is 344 Å². The second-order valence-corrected chi connectivity index (χ2v) is 19.7. The molecule has 2 bridgehead atoms. The van der Waals surface area contributed by atoms with Crippen LogP contribution >= 0.6 is 0 Å². The van der Waals surface area contributed by atoms with Crippen molar-refractivity contribution in [3.8, 4) is 0 Å². The number of carbonyl (C=O) groups excluding carboxylic acids is 2. The van der Waals surface area contributed by atoms with Crippen LogP contribution in [0.1, 0.15) is 147 Å². The zero-order chi connectivity index (χ0) is 41.4. The lowest BCUT2D eigenvalue weighted by atomic mass is 9.49. The van der Waals surface area contributed by atoms with E-state index in [0.717, 1.165) is 63.4 Å². The fourth-order valence-corrected chi connectivity index (χ4v) is 11.4. The van der Waals surface area contributed by atoms with Gasteiger partial charge in [0.05, 0.1) is 21.0 Å². The lowest BCUT2D eigenvalue weighted by molar-refractivity contribution is 0.0242. The van der Waals surface area contributed by atoms with Crippen molar-refractivity contribution in [1.29, 1.82) is 0 Å². The van der Waals surface area contributed by atoms with Crippen LogP contribution in [0, 0.1) is 22.7 Å². The van der Waals surface area contributed by atoms with Crippen LogP contribution in [-0.2, 0) is 9.84 Å². The highest BCUT2D eigenvalue weighted by Crippen LogP contribution is 2.69. The van der Waals surface area contributed by atoms with Gasteiger partial charge in [0, 0.05) is 11.1 Å². The fourth-order valence-electron chi connectivity index (χ4n) is 9.56. The summed E-state index contributed by atoms with van der Waals surface area (Å²) in [5.74, 6) is 0.443. The highest BCUT2D eigenvalue weighted by Gasteiger charge is 2.71. The van der Waals surface area contributed by atoms with E-state index >= 15 is 0 Å². The first-order valence-corrected chi connectivity index (χ1v) is 22.8. The van der Waals surface area contributed by atoms with Crippen LogP contribution in [0.15, 0.2) is 142 Å². The van der Waals surface area contributed by atoms with Crippen LogP contribution in [0.25, 0.3) is 0 Å². The van der Waals surface area contributed by atoms with Gasteiger partial charge in [0.25, 0.3) is 0 Å². The Morgan fingerprint density at radius 1 is 0.632 bits per heavy atom. The van der Waals surface area contributed by atoms with Gasteiger partial charge in [-0.2, -0.15) is 0 Å². The Bertz CT molecular complexity index is 2120. The average Bonchev–Trinajstić information content (AvgIpc) is 3.77. The van der Waals surface area contributed by atoms with E-state index in [4.69, 9.17) is 0 Å². The van der Waals surface area contributed by atoms with E-state index in [9.17, 15) is 18.0 Å². The smallest absolute Gasteiger partial charge is 0.185 e. The molecule has 0 heterocycles. The van der Waals surface area contributed by atoms with Gasteiger partial charge in [-0.1, -0.05) is 131 Å². The summed E-state index contributed by atoms with van der Waals surface area (Å²) in [6, 6.07) is 16.3. The summed E-state index contributed by atoms with van der Waals surface area (Å²) in [4.78, 5) is 28.7. The van der Waals surface area contributed by atoms with E-state index in [1.807, 2.05) is 37.3 Å². The van der Waals surface area contributed by atoms with Crippen molar-refractivity contribution in [2.75, 3.05) is 0 Å². The number of carbonyl (C=O) groups is 2. The SMILES string of the molecule is CC(C)=CCC/C(C)=C/CC/C(C)=C/CC(/C(C)=C/CC/C(C)=C/CC/C(C)=C/CC12C(=O)c3ccccc3C(=O)C1(C)C1C=CC2C1)S(=O)(=O)c1ccccc1. The minimum absolute atomic E-state index is 0.0849. The van der Waals surface area contributed by atoms with Crippen molar-refractivity contribution in [3.05, 3.63) is 148 Å². The number of rotatable bonds is 19. The van der Waals surface area contributed by atoms with Crippen LogP contribution in [0.4, 0.5) is 0 Å². The summed E-state index contributed by atoms with van der Waals surface area (Å²) in [6.07, 6.45) is 27.1. The van der Waals surface area contributed by atoms with Gasteiger partial charge in [-0.05, 0) is 143 Å². The number of fused-ring (bicyclic) bond motifs is 6. The molecule has 0 aliphatic heterocycles. The highest BCUT2D eigenvalue weighted by molar-refractivity contribution is 7.92. The van der Waals surface area contributed by atoms with E-state index in [1.54, 1.807) is 24.3 Å². The fraction of sp³-hybridized carbons (Fsp3) is 0.462. The molecule has 5 atom stereocenters. The van der Waals surface area contributed by atoms with Gasteiger partial charge >= 0.3 is 0 Å². The van der Waals surface area contributed by atoms with Crippen LogP contribution in [0.2, 0.25) is 0 Å². The van der Waals surface area contributed by atoms with Crippen LogP contribution in [0.3, 0.4) is 0 Å². The topological polar surface area (TPSA) is 68.3 Å². The Morgan fingerprint density at radius 3 is 1.72 bits per heavy atom. The molecule has 5 unspecified atom stereocenters. The monoisotopic (exact) mass is 786 g/mol. The Hall–Kier alpha value is -4.09. The predicted octanol–water partition coefficient (Wildman–Crippen LogP) is 13.7. The summed E-state index contributed by atoms with van der Waals surface area (Å²) >= 11 is 0. The van der Waals surface area contributed by atoms with E-state index in [0.29, 0.717) is 28.9 Å². The highest BCUT2D eigenvalue weighted by atomic mass is 32.2. The molecule has 4 nitrogen and oxygen atoms in total. The molecule has 3 aliphatic rings. The third kappa shape index (κ3) is 9.62. The number of sulfone groups is 1. The maximum atomic E-state index is 14.3. The third-order valence-corrected chi connectivity index (χ3v) is 15.5. The molecular formula is C52H66O4S. The molecule has 0 radical (unpaired) electrons. The molecule has 0 saturated heterocycles. The van der Waals surface area contributed by atoms with Gasteiger partial charge < -0.3 is 0 Å². The molecule has 5 rings (SSSR count). The van der Waals surface area contributed by atoms with Gasteiger partial charge in [0.1, 0.15) is 0 Å². The van der Waals surface area contributed by atoms with Crippen molar-refractivity contribution in [1.82, 2.24) is 0 Å². The van der Waals surface area contributed by atoms with Crippen LogP contribution in [0.5, 0.6) is 0 Å². The molecule has 5 heteroatoms. The van der Waals surface area contributed by atoms with E-state index in [1.165, 1.54) is 27.9 Å². The van der Waals surface area contributed by atoms with Crippen molar-refractivity contribution >= 4 is 21.4 Å². The molecule has 0 spiro atoms. The van der Waals surface area contributed by atoms with Gasteiger partial charge in [-0.3, -0.25) is 9.59 Å². The number of benzene rings is 2. The van der Waals surface area contributed by atoms with E-state index in [-0.39, 0.29) is 23.4 Å². The molecule has 304 valence electrons. The molecule has 2 aromatic carbocycles. The third-order valence-electron chi connectivity index (χ3n) is 13.2. The second kappa shape index (κ2) is 19.1. The van der Waals surface area contributed by atoms with Gasteiger partial charge in [-0.25, -0.2) is 8.42 Å². The first-order valence-electron chi connectivity index (χ1n) is 21.2. The average molecular weight is 787 g/mol. The maximum Gasteiger partial charge on any atom is 0.185 e. The van der Waals surface area contributed by atoms with Crippen molar-refractivity contribution in [2.24, 2.45) is 22.7 Å². The van der Waals surface area contributed by atoms with Gasteiger partial charge in [0.15, 0.2) is 21.4 Å². The molecule has 0 aromatic heterocycles. The van der Waals surface area contributed by atoms with Crippen molar-refractivity contribution < 1.29 is 18.0 Å². The molecule has 2 aromatic rings. The molecule has 1 saturated carbocycles. The maximum absolute atomic E-state index is 14.3. The molecule has 0 amide bonds. The zero-order valence-electron chi connectivity index (χ0n) is 35.9. The van der Waals surface area contributed by atoms with E-state index < -0.39 is 25.9 Å². The van der Waals surface area contributed by atoms with Crippen molar-refractivity contribution in [2.45, 2.75) is 136 Å². The summed E-state index contributed by atoms with van der Waals surface area (Å²) in [5.41, 5.74) is 7.12. The second-order valence-electron chi connectivity index (χ2n) is 17.6. The number of hydrogen-bond donors (Lipinski definition) is 0. The van der Waals surface area contributed by atoms with Crippen LogP contribution in [-0.4, -0.2) is 25.2 Å². The van der Waals surface area contributed by atoms with Crippen LogP contribution < -0.4 is 0 Å². The first-order chi connectivity index (χ1) is 27.1. The summed E-state index contributed by atoms with van der Waals surface area (Å²) in [6.45, 7) is 16.9. The Kier molecular flexibility index (Phi) is 14.8. The predicted molar refractivity (Wildman–Crippen MR) is 238 cm³/mol. The molecule has 1 fully saturated rings. The summed E-state index contributed by atoms with van der Waals surface area (Å²) in [5, 5.41) is -0.611. The van der Waals surface area contributed by atoms with E-state index in [2.05, 4.69) is 97.1 Å². The minimum atomic E-state index is -3.56. The lowest BCUT2D eigenvalue weighted by Gasteiger charge is -2.50.